The lowest BCUT2D eigenvalue weighted by atomic mass is 10.0. The summed E-state index contributed by atoms with van der Waals surface area (Å²) in [6, 6.07) is 9.92. The van der Waals surface area contributed by atoms with Gasteiger partial charge in [-0.05, 0) is 24.8 Å². The Morgan fingerprint density at radius 1 is 1.00 bits per heavy atom. The molecule has 0 saturated heterocycles. The van der Waals surface area contributed by atoms with Crippen LogP contribution in [0.3, 0.4) is 0 Å². The molecule has 0 saturated carbocycles. The van der Waals surface area contributed by atoms with Crippen LogP contribution in [0.4, 0.5) is 4.79 Å². The van der Waals surface area contributed by atoms with Gasteiger partial charge in [0.2, 0.25) is 0 Å². The van der Waals surface area contributed by atoms with E-state index < -0.39 is 6.16 Å². The zero-order valence-corrected chi connectivity index (χ0v) is 13.3. The Labute approximate surface area is 128 Å². The molecular formula is C18H28O3. The molecule has 0 spiro atoms. The van der Waals surface area contributed by atoms with Crippen LogP contribution in [0.15, 0.2) is 30.3 Å². The standard InChI is InChI=1S/C18H28O3/c1-3-5-6-7-11-14-17(16-12-9-8-10-13-16)21-18(19)20-15-4-2/h8-10,12-13,17H,3-7,11,14-15H2,1-2H3. The van der Waals surface area contributed by atoms with Crippen LogP contribution < -0.4 is 0 Å². The van der Waals surface area contributed by atoms with E-state index in [9.17, 15) is 4.79 Å². The fraction of sp³-hybridized carbons (Fsp3) is 0.611. The molecule has 3 heteroatoms. The summed E-state index contributed by atoms with van der Waals surface area (Å²) in [7, 11) is 0. The minimum absolute atomic E-state index is 0.197. The maximum atomic E-state index is 11.7. The van der Waals surface area contributed by atoms with Gasteiger partial charge < -0.3 is 9.47 Å². The molecule has 0 aliphatic rings. The second-order valence-electron chi connectivity index (χ2n) is 5.32. The predicted octanol–water partition coefficient (Wildman–Crippen LogP) is 5.65. The summed E-state index contributed by atoms with van der Waals surface area (Å²) in [5, 5.41) is 0. The van der Waals surface area contributed by atoms with Gasteiger partial charge in [-0.3, -0.25) is 0 Å². The third-order valence-electron chi connectivity index (χ3n) is 3.40. The minimum Gasteiger partial charge on any atom is -0.434 e. The molecule has 1 unspecified atom stereocenters. The van der Waals surface area contributed by atoms with Crippen molar-refractivity contribution in [3.8, 4) is 0 Å². The van der Waals surface area contributed by atoms with Crippen molar-refractivity contribution in [1.82, 2.24) is 0 Å². The summed E-state index contributed by atoms with van der Waals surface area (Å²) in [5.74, 6) is 0. The molecule has 0 bridgehead atoms. The molecule has 0 aromatic heterocycles. The first-order chi connectivity index (χ1) is 10.3. The van der Waals surface area contributed by atoms with Crippen molar-refractivity contribution in [2.24, 2.45) is 0 Å². The lowest BCUT2D eigenvalue weighted by Gasteiger charge is -2.18. The molecule has 0 N–H and O–H groups in total. The molecule has 0 aliphatic carbocycles. The Morgan fingerprint density at radius 2 is 1.71 bits per heavy atom. The van der Waals surface area contributed by atoms with Gasteiger partial charge in [0.25, 0.3) is 0 Å². The fourth-order valence-corrected chi connectivity index (χ4v) is 2.23. The van der Waals surface area contributed by atoms with E-state index in [1.165, 1.54) is 25.7 Å². The Balaban J connectivity index is 2.48. The average molecular weight is 292 g/mol. The van der Waals surface area contributed by atoms with E-state index in [2.05, 4.69) is 6.92 Å². The van der Waals surface area contributed by atoms with Gasteiger partial charge in [0.15, 0.2) is 0 Å². The smallest absolute Gasteiger partial charge is 0.434 e. The summed E-state index contributed by atoms with van der Waals surface area (Å²) in [5.41, 5.74) is 1.04. The van der Waals surface area contributed by atoms with Gasteiger partial charge in [0.05, 0.1) is 6.61 Å². The molecule has 0 radical (unpaired) electrons. The number of rotatable bonds is 10. The van der Waals surface area contributed by atoms with Gasteiger partial charge in [-0.2, -0.15) is 0 Å². The van der Waals surface area contributed by atoms with Crippen molar-refractivity contribution in [3.05, 3.63) is 35.9 Å². The summed E-state index contributed by atoms with van der Waals surface area (Å²) >= 11 is 0. The van der Waals surface area contributed by atoms with Crippen LogP contribution in [0.25, 0.3) is 0 Å². The quantitative estimate of drug-likeness (QED) is 0.413. The molecule has 0 fully saturated rings. The normalized spacial score (nSPS) is 11.9. The van der Waals surface area contributed by atoms with Crippen LogP contribution in [0.1, 0.15) is 70.5 Å². The Hall–Kier alpha value is -1.51. The van der Waals surface area contributed by atoms with Crippen molar-refractivity contribution >= 4 is 6.16 Å². The topological polar surface area (TPSA) is 35.5 Å². The van der Waals surface area contributed by atoms with E-state index in [4.69, 9.17) is 9.47 Å². The van der Waals surface area contributed by atoms with Gasteiger partial charge in [-0.25, -0.2) is 4.79 Å². The second-order valence-corrected chi connectivity index (χ2v) is 5.32. The van der Waals surface area contributed by atoms with E-state index in [0.29, 0.717) is 6.61 Å². The first-order valence-corrected chi connectivity index (χ1v) is 8.16. The maximum Gasteiger partial charge on any atom is 0.508 e. The number of unbranched alkanes of at least 4 members (excludes halogenated alkanes) is 4. The second kappa shape index (κ2) is 11.2. The highest BCUT2D eigenvalue weighted by Gasteiger charge is 2.17. The monoisotopic (exact) mass is 292 g/mol. The lowest BCUT2D eigenvalue weighted by molar-refractivity contribution is 0.0191. The molecule has 0 amide bonds. The molecule has 1 atom stereocenters. The number of hydrogen-bond acceptors (Lipinski definition) is 3. The van der Waals surface area contributed by atoms with Crippen LogP contribution >= 0.6 is 0 Å². The fourth-order valence-electron chi connectivity index (χ4n) is 2.23. The van der Waals surface area contributed by atoms with E-state index in [0.717, 1.165) is 24.8 Å². The van der Waals surface area contributed by atoms with E-state index in [1.807, 2.05) is 37.3 Å². The highest BCUT2D eigenvalue weighted by atomic mass is 16.7. The number of ether oxygens (including phenoxy) is 2. The maximum absolute atomic E-state index is 11.7. The van der Waals surface area contributed by atoms with Crippen LogP contribution in [0.5, 0.6) is 0 Å². The highest BCUT2D eigenvalue weighted by Crippen LogP contribution is 2.24. The molecule has 0 aliphatic heterocycles. The lowest BCUT2D eigenvalue weighted by Crippen LogP contribution is -2.13. The van der Waals surface area contributed by atoms with E-state index in [-0.39, 0.29) is 6.10 Å². The number of benzene rings is 1. The molecule has 0 heterocycles. The van der Waals surface area contributed by atoms with Crippen molar-refractivity contribution in [2.45, 2.75) is 64.9 Å². The van der Waals surface area contributed by atoms with E-state index >= 15 is 0 Å². The summed E-state index contributed by atoms with van der Waals surface area (Å²) < 4.78 is 10.5. The Kier molecular flexibility index (Phi) is 9.34. The largest absolute Gasteiger partial charge is 0.508 e. The molecular weight excluding hydrogens is 264 g/mol. The molecule has 1 aromatic rings. The minimum atomic E-state index is -0.556. The van der Waals surface area contributed by atoms with Crippen molar-refractivity contribution < 1.29 is 14.3 Å². The van der Waals surface area contributed by atoms with Gasteiger partial charge in [0.1, 0.15) is 6.10 Å². The molecule has 1 rings (SSSR count). The molecule has 118 valence electrons. The third-order valence-corrected chi connectivity index (χ3v) is 3.40. The first kappa shape index (κ1) is 17.5. The Bertz CT molecular complexity index is 375. The molecule has 21 heavy (non-hydrogen) atoms. The zero-order chi connectivity index (χ0) is 15.3. The number of hydrogen-bond donors (Lipinski definition) is 0. The van der Waals surface area contributed by atoms with Gasteiger partial charge in [-0.1, -0.05) is 69.9 Å². The number of carbonyl (C=O) groups is 1. The number of carbonyl (C=O) groups excluding carboxylic acids is 1. The third kappa shape index (κ3) is 7.74. The summed E-state index contributed by atoms with van der Waals surface area (Å²) in [6.45, 7) is 4.59. The molecule has 1 aromatic carbocycles. The summed E-state index contributed by atoms with van der Waals surface area (Å²) in [4.78, 5) is 11.7. The molecule has 3 nitrogen and oxygen atoms in total. The van der Waals surface area contributed by atoms with Gasteiger partial charge in [0, 0.05) is 0 Å². The summed E-state index contributed by atoms with van der Waals surface area (Å²) in [6.07, 6.45) is 6.93. The van der Waals surface area contributed by atoms with Crippen molar-refractivity contribution in [3.63, 3.8) is 0 Å². The van der Waals surface area contributed by atoms with Gasteiger partial charge >= 0.3 is 6.16 Å². The average Bonchev–Trinajstić information content (AvgIpc) is 2.52. The van der Waals surface area contributed by atoms with Crippen molar-refractivity contribution in [2.75, 3.05) is 6.61 Å². The SMILES string of the molecule is CCCCCCCC(OC(=O)OCCC)c1ccccc1. The Morgan fingerprint density at radius 3 is 2.38 bits per heavy atom. The van der Waals surface area contributed by atoms with E-state index in [1.54, 1.807) is 0 Å². The highest BCUT2D eigenvalue weighted by molar-refractivity contribution is 5.60. The van der Waals surface area contributed by atoms with Crippen molar-refractivity contribution in [1.29, 1.82) is 0 Å². The zero-order valence-electron chi connectivity index (χ0n) is 13.3. The van der Waals surface area contributed by atoms with Crippen LogP contribution in [0.2, 0.25) is 0 Å². The van der Waals surface area contributed by atoms with Crippen LogP contribution in [0, 0.1) is 0 Å². The van der Waals surface area contributed by atoms with Crippen LogP contribution in [-0.2, 0) is 9.47 Å². The predicted molar refractivity (Wildman–Crippen MR) is 85.3 cm³/mol. The first-order valence-electron chi connectivity index (χ1n) is 8.16. The van der Waals surface area contributed by atoms with Crippen LogP contribution in [-0.4, -0.2) is 12.8 Å². The van der Waals surface area contributed by atoms with Gasteiger partial charge in [-0.15, -0.1) is 0 Å².